The smallest absolute Gasteiger partial charge is 0.238 e. The fourth-order valence-corrected chi connectivity index (χ4v) is 3.90. The second kappa shape index (κ2) is 8.37. The van der Waals surface area contributed by atoms with E-state index in [0.29, 0.717) is 18.2 Å². The molecule has 0 radical (unpaired) electrons. The number of nitrogens with one attached hydrogen (secondary N) is 1. The molecule has 1 atom stereocenters. The molecule has 2 aliphatic heterocycles. The van der Waals surface area contributed by atoms with Crippen molar-refractivity contribution in [2.24, 2.45) is 0 Å². The van der Waals surface area contributed by atoms with E-state index in [-0.39, 0.29) is 24.2 Å². The van der Waals surface area contributed by atoms with Crippen molar-refractivity contribution in [3.8, 4) is 11.5 Å². The largest absolute Gasteiger partial charge is 0.490 e. The van der Waals surface area contributed by atoms with Gasteiger partial charge in [0.15, 0.2) is 11.5 Å². The Kier molecular flexibility index (Phi) is 5.69. The molecule has 2 aliphatic rings. The average molecular weight is 405 g/mol. The van der Waals surface area contributed by atoms with Crippen LogP contribution >= 0.6 is 11.6 Å². The summed E-state index contributed by atoms with van der Waals surface area (Å²) in [7, 11) is 0. The minimum atomic E-state index is -0.540. The SMILES string of the molecule is O=C(CN1CCCC1c1ccc2c(c1)OCCCO2)Nc1ccc(Cl)cc1F. The molecule has 28 heavy (non-hydrogen) atoms. The molecule has 1 amide bonds. The highest BCUT2D eigenvalue weighted by molar-refractivity contribution is 6.30. The Morgan fingerprint density at radius 1 is 1.14 bits per heavy atom. The van der Waals surface area contributed by atoms with Gasteiger partial charge in [-0.3, -0.25) is 9.69 Å². The van der Waals surface area contributed by atoms with E-state index in [4.69, 9.17) is 21.1 Å². The fraction of sp³-hybridized carbons (Fsp3) is 0.381. The molecule has 1 unspecified atom stereocenters. The Balaban J connectivity index is 1.45. The van der Waals surface area contributed by atoms with Gasteiger partial charge in [0.1, 0.15) is 5.82 Å². The van der Waals surface area contributed by atoms with E-state index in [0.717, 1.165) is 42.9 Å². The minimum Gasteiger partial charge on any atom is -0.490 e. The number of hydrogen-bond acceptors (Lipinski definition) is 4. The molecule has 0 bridgehead atoms. The molecule has 0 aliphatic carbocycles. The third-order valence-corrected chi connectivity index (χ3v) is 5.31. The molecule has 2 heterocycles. The molecule has 2 aromatic rings. The molecule has 2 aromatic carbocycles. The van der Waals surface area contributed by atoms with E-state index in [1.54, 1.807) is 6.07 Å². The Morgan fingerprint density at radius 3 is 2.79 bits per heavy atom. The zero-order valence-electron chi connectivity index (χ0n) is 15.4. The van der Waals surface area contributed by atoms with E-state index in [2.05, 4.69) is 10.2 Å². The second-order valence-corrected chi connectivity index (χ2v) is 7.49. The summed E-state index contributed by atoms with van der Waals surface area (Å²) in [5.41, 5.74) is 1.24. The van der Waals surface area contributed by atoms with Gasteiger partial charge in [0.2, 0.25) is 5.91 Å². The Hall–Kier alpha value is -2.31. The van der Waals surface area contributed by atoms with Crippen LogP contribution < -0.4 is 14.8 Å². The van der Waals surface area contributed by atoms with Gasteiger partial charge in [-0.25, -0.2) is 4.39 Å². The van der Waals surface area contributed by atoms with Gasteiger partial charge in [0.05, 0.1) is 25.4 Å². The maximum atomic E-state index is 13.9. The summed E-state index contributed by atoms with van der Waals surface area (Å²) in [6.45, 7) is 2.31. The molecule has 5 nitrogen and oxygen atoms in total. The summed E-state index contributed by atoms with van der Waals surface area (Å²) >= 11 is 5.76. The lowest BCUT2D eigenvalue weighted by molar-refractivity contribution is -0.117. The van der Waals surface area contributed by atoms with Crippen LogP contribution in [0.1, 0.15) is 30.9 Å². The van der Waals surface area contributed by atoms with Gasteiger partial charge in [-0.05, 0) is 55.3 Å². The zero-order valence-corrected chi connectivity index (χ0v) is 16.2. The van der Waals surface area contributed by atoms with Crippen LogP contribution in [0, 0.1) is 5.82 Å². The molecule has 0 spiro atoms. The standard InChI is InChI=1S/C21H22ClFN2O3/c22-15-5-6-17(16(23)12-15)24-21(26)13-25-8-1-3-18(25)14-4-7-19-20(11-14)28-10-2-9-27-19/h4-7,11-12,18H,1-3,8-10,13H2,(H,24,26). The van der Waals surface area contributed by atoms with Crippen LogP contribution in [-0.4, -0.2) is 37.1 Å². The van der Waals surface area contributed by atoms with E-state index in [1.807, 2.05) is 18.2 Å². The number of halogens is 2. The maximum Gasteiger partial charge on any atom is 0.238 e. The highest BCUT2D eigenvalue weighted by Crippen LogP contribution is 2.37. The molecule has 1 saturated heterocycles. The van der Waals surface area contributed by atoms with Gasteiger partial charge in [0.25, 0.3) is 0 Å². The van der Waals surface area contributed by atoms with Crippen LogP contribution in [0.15, 0.2) is 36.4 Å². The van der Waals surface area contributed by atoms with Crippen molar-refractivity contribution in [2.45, 2.75) is 25.3 Å². The number of rotatable bonds is 4. The Morgan fingerprint density at radius 2 is 1.96 bits per heavy atom. The summed E-state index contributed by atoms with van der Waals surface area (Å²) in [5, 5.41) is 2.93. The number of fused-ring (bicyclic) bond motifs is 1. The summed E-state index contributed by atoms with van der Waals surface area (Å²) in [6.07, 6.45) is 2.82. The van der Waals surface area contributed by atoms with E-state index < -0.39 is 5.82 Å². The van der Waals surface area contributed by atoms with Crippen LogP contribution in [-0.2, 0) is 4.79 Å². The number of amides is 1. The van der Waals surface area contributed by atoms with Gasteiger partial charge in [-0.15, -0.1) is 0 Å². The summed E-state index contributed by atoms with van der Waals surface area (Å²) in [5.74, 6) is 0.737. The fourth-order valence-electron chi connectivity index (χ4n) is 3.75. The maximum absolute atomic E-state index is 13.9. The highest BCUT2D eigenvalue weighted by Gasteiger charge is 2.28. The zero-order chi connectivity index (χ0) is 19.5. The van der Waals surface area contributed by atoms with Crippen molar-refractivity contribution < 1.29 is 18.7 Å². The van der Waals surface area contributed by atoms with Crippen molar-refractivity contribution in [1.29, 1.82) is 0 Å². The van der Waals surface area contributed by atoms with Crippen molar-refractivity contribution in [1.82, 2.24) is 4.90 Å². The number of hydrogen-bond donors (Lipinski definition) is 1. The molecular formula is C21H22ClFN2O3. The predicted molar refractivity (Wildman–Crippen MR) is 106 cm³/mol. The van der Waals surface area contributed by atoms with Gasteiger partial charge in [0, 0.05) is 17.5 Å². The van der Waals surface area contributed by atoms with Gasteiger partial charge in [-0.2, -0.15) is 0 Å². The predicted octanol–water partition coefficient (Wildman–Crippen LogP) is 4.42. The first-order valence-electron chi connectivity index (χ1n) is 9.48. The summed E-state index contributed by atoms with van der Waals surface area (Å²) < 4.78 is 25.4. The number of ether oxygens (including phenoxy) is 2. The number of nitrogens with zero attached hydrogens (tertiary/aromatic N) is 1. The number of carbonyl (C=O) groups excluding carboxylic acids is 1. The molecule has 1 fully saturated rings. The molecular weight excluding hydrogens is 383 g/mol. The van der Waals surface area contributed by atoms with Crippen LogP contribution in [0.3, 0.4) is 0 Å². The summed E-state index contributed by atoms with van der Waals surface area (Å²) in [4.78, 5) is 14.6. The number of benzene rings is 2. The quantitative estimate of drug-likeness (QED) is 0.819. The number of anilines is 1. The molecule has 4 rings (SSSR count). The lowest BCUT2D eigenvalue weighted by Crippen LogP contribution is -2.33. The first-order valence-corrected chi connectivity index (χ1v) is 9.86. The Bertz CT molecular complexity index is 877. The molecule has 148 valence electrons. The normalized spacial score (nSPS) is 19.3. The first kappa shape index (κ1) is 19.0. The third kappa shape index (κ3) is 4.23. The molecule has 7 heteroatoms. The molecule has 1 N–H and O–H groups in total. The van der Waals surface area contributed by atoms with Gasteiger partial charge in [-0.1, -0.05) is 17.7 Å². The van der Waals surface area contributed by atoms with Crippen LogP contribution in [0.2, 0.25) is 5.02 Å². The third-order valence-electron chi connectivity index (χ3n) is 5.07. The number of carbonyl (C=O) groups is 1. The minimum absolute atomic E-state index is 0.123. The van der Waals surface area contributed by atoms with Crippen LogP contribution in [0.4, 0.5) is 10.1 Å². The second-order valence-electron chi connectivity index (χ2n) is 7.06. The number of likely N-dealkylation sites (tertiary alicyclic amines) is 1. The lowest BCUT2D eigenvalue weighted by atomic mass is 10.0. The van der Waals surface area contributed by atoms with Crippen molar-refractivity contribution >= 4 is 23.2 Å². The highest BCUT2D eigenvalue weighted by atomic mass is 35.5. The molecule has 0 saturated carbocycles. The van der Waals surface area contributed by atoms with Crippen LogP contribution in [0.25, 0.3) is 0 Å². The van der Waals surface area contributed by atoms with E-state index in [9.17, 15) is 9.18 Å². The van der Waals surface area contributed by atoms with E-state index in [1.165, 1.54) is 12.1 Å². The first-order chi connectivity index (χ1) is 13.6. The van der Waals surface area contributed by atoms with Crippen molar-refractivity contribution in [3.63, 3.8) is 0 Å². The van der Waals surface area contributed by atoms with Gasteiger partial charge >= 0.3 is 0 Å². The van der Waals surface area contributed by atoms with Gasteiger partial charge < -0.3 is 14.8 Å². The Labute approximate surface area is 168 Å². The monoisotopic (exact) mass is 404 g/mol. The van der Waals surface area contributed by atoms with E-state index >= 15 is 0 Å². The summed E-state index contributed by atoms with van der Waals surface area (Å²) in [6, 6.07) is 10.3. The average Bonchev–Trinajstić information content (AvgIpc) is 2.99. The lowest BCUT2D eigenvalue weighted by Gasteiger charge is -2.25. The van der Waals surface area contributed by atoms with Crippen LogP contribution in [0.5, 0.6) is 11.5 Å². The van der Waals surface area contributed by atoms with Crippen molar-refractivity contribution in [2.75, 3.05) is 31.6 Å². The van der Waals surface area contributed by atoms with Crippen molar-refractivity contribution in [3.05, 3.63) is 52.8 Å². The topological polar surface area (TPSA) is 50.8 Å². The molecule has 0 aromatic heterocycles.